The molecule has 6 atom stereocenters. The molecule has 1 nitrogen and oxygen atoms in total. The second-order valence-electron chi connectivity index (χ2n) is 5.74. The van der Waals surface area contributed by atoms with Gasteiger partial charge >= 0.3 is 0 Å². The minimum absolute atomic E-state index is 0.853. The predicted molar refractivity (Wildman–Crippen MR) is 61.6 cm³/mol. The Balaban J connectivity index is 1.71. The molecule has 6 unspecified atom stereocenters. The van der Waals surface area contributed by atoms with Gasteiger partial charge in [0.1, 0.15) is 5.75 Å². The summed E-state index contributed by atoms with van der Waals surface area (Å²) >= 11 is 0. The number of methoxy groups -OCH3 is 1. The van der Waals surface area contributed by atoms with Gasteiger partial charge in [-0.1, -0.05) is 18.2 Å². The zero-order chi connectivity index (χ0) is 10.4. The first-order valence-electron chi connectivity index (χ1n) is 6.26. The van der Waals surface area contributed by atoms with Crippen LogP contribution in [-0.2, 0) is 0 Å². The molecule has 0 aliphatic heterocycles. The second kappa shape index (κ2) is 2.22. The Morgan fingerprint density at radius 2 is 1.81 bits per heavy atom. The fourth-order valence-corrected chi connectivity index (χ4v) is 4.79. The molecule has 0 amide bonds. The van der Waals surface area contributed by atoms with Crippen molar-refractivity contribution < 1.29 is 4.74 Å². The van der Waals surface area contributed by atoms with E-state index in [1.54, 1.807) is 18.2 Å². The van der Waals surface area contributed by atoms with E-state index in [2.05, 4.69) is 30.4 Å². The molecule has 0 N–H and O–H groups in total. The fraction of sp³-hybridized carbons (Fsp3) is 0.467. The van der Waals surface area contributed by atoms with Crippen LogP contribution in [0.1, 0.15) is 23.0 Å². The molecule has 1 aromatic rings. The summed E-state index contributed by atoms with van der Waals surface area (Å²) in [5, 5.41) is 0. The number of fused-ring (bicyclic) bond motifs is 7. The highest BCUT2D eigenvalue weighted by atomic mass is 16.5. The molecule has 4 aliphatic rings. The molecule has 0 aromatic heterocycles. The minimum Gasteiger partial charge on any atom is -0.497 e. The maximum atomic E-state index is 5.35. The Bertz CT molecular complexity index is 530. The highest BCUT2D eigenvalue weighted by Gasteiger charge is 2.71. The van der Waals surface area contributed by atoms with Crippen LogP contribution in [-0.4, -0.2) is 7.11 Å². The standard InChI is InChI=1S/C15H14O/c1-16-7-2-3-10-11(6-7)14-13-9-5-4-8(9)12(10)15(13)14/h2-6,8-9,12-15H,1H3. The van der Waals surface area contributed by atoms with Crippen LogP contribution in [0.15, 0.2) is 30.4 Å². The molecular formula is C15H14O. The summed E-state index contributed by atoms with van der Waals surface area (Å²) in [5.41, 5.74) is 3.24. The molecule has 16 heavy (non-hydrogen) atoms. The molecule has 0 radical (unpaired) electrons. The zero-order valence-corrected chi connectivity index (χ0v) is 9.26. The van der Waals surface area contributed by atoms with Crippen molar-refractivity contribution in [3.05, 3.63) is 41.5 Å². The van der Waals surface area contributed by atoms with E-state index in [0.29, 0.717) is 0 Å². The average molecular weight is 210 g/mol. The quantitative estimate of drug-likeness (QED) is 0.647. The van der Waals surface area contributed by atoms with Gasteiger partial charge in [0.15, 0.2) is 0 Å². The number of hydrogen-bond donors (Lipinski definition) is 0. The molecule has 0 heterocycles. The van der Waals surface area contributed by atoms with Gasteiger partial charge in [-0.3, -0.25) is 0 Å². The van der Waals surface area contributed by atoms with E-state index in [-0.39, 0.29) is 0 Å². The summed E-state index contributed by atoms with van der Waals surface area (Å²) in [4.78, 5) is 0. The molecule has 80 valence electrons. The molecule has 1 aromatic carbocycles. The zero-order valence-electron chi connectivity index (χ0n) is 9.26. The first kappa shape index (κ1) is 7.94. The summed E-state index contributed by atoms with van der Waals surface area (Å²) in [5.74, 6) is 6.52. The van der Waals surface area contributed by atoms with Gasteiger partial charge in [0.25, 0.3) is 0 Å². The molecule has 4 aliphatic carbocycles. The van der Waals surface area contributed by atoms with Crippen molar-refractivity contribution in [2.24, 2.45) is 23.7 Å². The molecule has 0 spiro atoms. The lowest BCUT2D eigenvalue weighted by Gasteiger charge is -2.28. The van der Waals surface area contributed by atoms with Crippen molar-refractivity contribution in [1.82, 2.24) is 0 Å². The lowest BCUT2D eigenvalue weighted by molar-refractivity contribution is 0.398. The largest absolute Gasteiger partial charge is 0.497 e. The Hall–Kier alpha value is -1.24. The van der Waals surface area contributed by atoms with Crippen molar-refractivity contribution >= 4 is 0 Å². The third kappa shape index (κ3) is 0.634. The van der Waals surface area contributed by atoms with E-state index >= 15 is 0 Å². The van der Waals surface area contributed by atoms with Crippen LogP contribution in [0.5, 0.6) is 5.75 Å². The summed E-state index contributed by atoms with van der Waals surface area (Å²) in [6.07, 6.45) is 4.89. The van der Waals surface area contributed by atoms with E-state index in [0.717, 1.165) is 41.3 Å². The lowest BCUT2D eigenvalue weighted by atomic mass is 9.76. The number of allylic oxidation sites excluding steroid dienone is 2. The molecular weight excluding hydrogens is 196 g/mol. The smallest absolute Gasteiger partial charge is 0.119 e. The van der Waals surface area contributed by atoms with Crippen molar-refractivity contribution in [2.45, 2.75) is 11.8 Å². The highest BCUT2D eigenvalue weighted by Crippen LogP contribution is 2.80. The molecule has 2 fully saturated rings. The van der Waals surface area contributed by atoms with Crippen LogP contribution < -0.4 is 4.74 Å². The van der Waals surface area contributed by atoms with Gasteiger partial charge in [0.05, 0.1) is 7.11 Å². The summed E-state index contributed by atoms with van der Waals surface area (Å²) in [6, 6.07) is 6.74. The summed E-state index contributed by atoms with van der Waals surface area (Å²) in [6.45, 7) is 0. The Kier molecular flexibility index (Phi) is 1.10. The maximum absolute atomic E-state index is 5.35. The van der Waals surface area contributed by atoms with E-state index in [1.807, 2.05) is 0 Å². The monoisotopic (exact) mass is 210 g/mol. The molecule has 0 bridgehead atoms. The second-order valence-corrected chi connectivity index (χ2v) is 5.74. The van der Waals surface area contributed by atoms with Crippen molar-refractivity contribution in [2.75, 3.05) is 7.11 Å². The van der Waals surface area contributed by atoms with E-state index in [1.165, 1.54) is 0 Å². The third-order valence-corrected chi connectivity index (χ3v) is 5.42. The Labute approximate surface area is 95.1 Å². The van der Waals surface area contributed by atoms with E-state index < -0.39 is 0 Å². The van der Waals surface area contributed by atoms with Crippen LogP contribution in [0.4, 0.5) is 0 Å². The topological polar surface area (TPSA) is 9.23 Å². The van der Waals surface area contributed by atoms with Crippen LogP contribution >= 0.6 is 0 Å². The SMILES string of the molecule is COc1ccc2c(c1)C1C3C4C=CC4C2C13. The lowest BCUT2D eigenvalue weighted by Crippen LogP contribution is -2.20. The number of rotatable bonds is 1. The summed E-state index contributed by atoms with van der Waals surface area (Å²) in [7, 11) is 1.76. The molecule has 1 heteroatoms. The van der Waals surface area contributed by atoms with Crippen LogP contribution in [0.2, 0.25) is 0 Å². The highest BCUT2D eigenvalue weighted by molar-refractivity contribution is 5.55. The fourth-order valence-electron chi connectivity index (χ4n) is 4.79. The van der Waals surface area contributed by atoms with Crippen molar-refractivity contribution in [3.63, 3.8) is 0 Å². The summed E-state index contributed by atoms with van der Waals surface area (Å²) < 4.78 is 5.35. The van der Waals surface area contributed by atoms with E-state index in [9.17, 15) is 0 Å². The van der Waals surface area contributed by atoms with Crippen LogP contribution in [0, 0.1) is 23.7 Å². The van der Waals surface area contributed by atoms with Crippen LogP contribution in [0.25, 0.3) is 0 Å². The molecule has 5 rings (SSSR count). The van der Waals surface area contributed by atoms with Gasteiger partial charge in [-0.05, 0) is 58.8 Å². The number of hydrogen-bond acceptors (Lipinski definition) is 1. The Morgan fingerprint density at radius 1 is 0.938 bits per heavy atom. The normalized spacial score (nSPS) is 48.1. The number of benzene rings is 1. The number of ether oxygens (including phenoxy) is 1. The predicted octanol–water partition coefficient (Wildman–Crippen LogP) is 2.94. The van der Waals surface area contributed by atoms with Crippen molar-refractivity contribution in [3.8, 4) is 5.75 Å². The van der Waals surface area contributed by atoms with Gasteiger partial charge in [-0.25, -0.2) is 0 Å². The molecule has 0 saturated heterocycles. The van der Waals surface area contributed by atoms with Gasteiger partial charge in [0.2, 0.25) is 0 Å². The Morgan fingerprint density at radius 3 is 2.56 bits per heavy atom. The van der Waals surface area contributed by atoms with E-state index in [4.69, 9.17) is 4.74 Å². The minimum atomic E-state index is 0.853. The van der Waals surface area contributed by atoms with Crippen molar-refractivity contribution in [1.29, 1.82) is 0 Å². The average Bonchev–Trinajstić information content (AvgIpc) is 2.82. The first-order chi connectivity index (χ1) is 7.90. The maximum Gasteiger partial charge on any atom is 0.119 e. The van der Waals surface area contributed by atoms with Gasteiger partial charge in [-0.2, -0.15) is 0 Å². The first-order valence-corrected chi connectivity index (χ1v) is 6.26. The van der Waals surface area contributed by atoms with Gasteiger partial charge in [-0.15, -0.1) is 0 Å². The van der Waals surface area contributed by atoms with Crippen LogP contribution in [0.3, 0.4) is 0 Å². The molecule has 2 saturated carbocycles. The van der Waals surface area contributed by atoms with Gasteiger partial charge < -0.3 is 4.74 Å². The van der Waals surface area contributed by atoms with Gasteiger partial charge in [0, 0.05) is 0 Å². The third-order valence-electron chi connectivity index (χ3n) is 5.42.